The summed E-state index contributed by atoms with van der Waals surface area (Å²) in [4.78, 5) is 1.31. The Bertz CT molecular complexity index is 293. The van der Waals surface area contributed by atoms with E-state index in [1.165, 1.54) is 9.35 Å². The molecule has 1 nitrogen and oxygen atoms in total. The third-order valence-electron chi connectivity index (χ3n) is 1.81. The first kappa shape index (κ1) is 11.0. The predicted octanol–water partition coefficient (Wildman–Crippen LogP) is 3.74. The van der Waals surface area contributed by atoms with Gasteiger partial charge in [-0.2, -0.15) is 0 Å². The van der Waals surface area contributed by atoms with E-state index in [0.29, 0.717) is 6.04 Å². The minimum Gasteiger partial charge on any atom is -0.306 e. The fourth-order valence-corrected chi connectivity index (χ4v) is 2.97. The van der Waals surface area contributed by atoms with E-state index < -0.39 is 0 Å². The van der Waals surface area contributed by atoms with Gasteiger partial charge in [-0.05, 0) is 40.8 Å². The Kier molecular flexibility index (Phi) is 4.16. The van der Waals surface area contributed by atoms with Gasteiger partial charge in [0.1, 0.15) is 0 Å². The van der Waals surface area contributed by atoms with Crippen molar-refractivity contribution in [2.24, 2.45) is 0 Å². The lowest BCUT2D eigenvalue weighted by Gasteiger charge is -2.16. The van der Waals surface area contributed by atoms with E-state index in [0.717, 1.165) is 12.1 Å². The van der Waals surface area contributed by atoms with Crippen LogP contribution in [0.4, 0.5) is 0 Å². The van der Waals surface area contributed by atoms with Crippen LogP contribution in [0.2, 0.25) is 0 Å². The summed E-state index contributed by atoms with van der Waals surface area (Å²) < 4.78 is 1.17. The van der Waals surface area contributed by atoms with Crippen LogP contribution in [0.1, 0.15) is 24.8 Å². The first-order chi connectivity index (χ1) is 6.16. The van der Waals surface area contributed by atoms with E-state index in [1.807, 2.05) is 0 Å². The first-order valence-electron chi connectivity index (χ1n) is 4.28. The van der Waals surface area contributed by atoms with Crippen LogP contribution < -0.4 is 5.32 Å². The second-order valence-electron chi connectivity index (χ2n) is 2.97. The van der Waals surface area contributed by atoms with Crippen LogP contribution in [-0.4, -0.2) is 6.54 Å². The van der Waals surface area contributed by atoms with Gasteiger partial charge < -0.3 is 5.32 Å². The third kappa shape index (κ3) is 2.66. The van der Waals surface area contributed by atoms with Crippen LogP contribution >= 0.6 is 27.3 Å². The van der Waals surface area contributed by atoms with Gasteiger partial charge >= 0.3 is 0 Å². The zero-order valence-electron chi connectivity index (χ0n) is 7.93. The van der Waals surface area contributed by atoms with Gasteiger partial charge in [0.05, 0.1) is 6.04 Å². The first-order valence-corrected chi connectivity index (χ1v) is 5.95. The Labute approximate surface area is 92.0 Å². The fourth-order valence-electron chi connectivity index (χ4n) is 1.21. The maximum absolute atomic E-state index is 3.99. The van der Waals surface area contributed by atoms with Crippen molar-refractivity contribution in [3.8, 4) is 0 Å². The van der Waals surface area contributed by atoms with Crippen molar-refractivity contribution >= 4 is 27.3 Å². The van der Waals surface area contributed by atoms with Gasteiger partial charge in [-0.3, -0.25) is 0 Å². The number of halogens is 1. The zero-order chi connectivity index (χ0) is 9.84. The molecule has 0 aliphatic carbocycles. The molecule has 1 N–H and O–H groups in total. The molecule has 0 aliphatic rings. The van der Waals surface area contributed by atoms with Gasteiger partial charge in [0.15, 0.2) is 0 Å². The summed E-state index contributed by atoms with van der Waals surface area (Å²) in [6.45, 7) is 9.12. The van der Waals surface area contributed by atoms with Crippen LogP contribution in [0.5, 0.6) is 0 Å². The van der Waals surface area contributed by atoms with Gasteiger partial charge in [0.25, 0.3) is 0 Å². The van der Waals surface area contributed by atoms with Crippen LogP contribution in [0.15, 0.2) is 28.1 Å². The molecular formula is C10H14BrNS. The Hall–Kier alpha value is -0.120. The Morgan fingerprint density at radius 3 is 2.85 bits per heavy atom. The summed E-state index contributed by atoms with van der Waals surface area (Å²) in [5, 5.41) is 5.50. The maximum Gasteiger partial charge on any atom is 0.0636 e. The molecule has 0 fully saturated rings. The van der Waals surface area contributed by atoms with Crippen molar-refractivity contribution < 1.29 is 0 Å². The summed E-state index contributed by atoms with van der Waals surface area (Å²) in [6.07, 6.45) is 0. The van der Waals surface area contributed by atoms with Gasteiger partial charge in [-0.15, -0.1) is 11.3 Å². The number of likely N-dealkylation sites (N-methyl/N-ethyl adjacent to an activating group) is 1. The Balaban J connectivity index is 2.88. The summed E-state index contributed by atoms with van der Waals surface area (Å²) in [5.41, 5.74) is 1.16. The standard InChI is InChI=1S/C10H14BrNS/c1-4-12-9(7(2)3)10-8(11)5-6-13-10/h5-6,9,12H,2,4H2,1,3H3. The summed E-state index contributed by atoms with van der Waals surface area (Å²) in [7, 11) is 0. The highest BCUT2D eigenvalue weighted by Crippen LogP contribution is 2.32. The van der Waals surface area contributed by atoms with Crippen LogP contribution in [0, 0.1) is 0 Å². The number of hydrogen-bond acceptors (Lipinski definition) is 2. The number of thiophene rings is 1. The molecule has 0 saturated carbocycles. The van der Waals surface area contributed by atoms with Gasteiger partial charge in [-0.1, -0.05) is 19.1 Å². The largest absolute Gasteiger partial charge is 0.306 e. The average molecular weight is 260 g/mol. The molecule has 0 aromatic carbocycles. The van der Waals surface area contributed by atoms with E-state index in [9.17, 15) is 0 Å². The minimum atomic E-state index is 0.291. The lowest BCUT2D eigenvalue weighted by molar-refractivity contribution is 0.629. The van der Waals surface area contributed by atoms with E-state index in [2.05, 4.69) is 53.1 Å². The molecule has 1 heterocycles. The van der Waals surface area contributed by atoms with Gasteiger partial charge in [-0.25, -0.2) is 0 Å². The quantitative estimate of drug-likeness (QED) is 0.813. The highest BCUT2D eigenvalue weighted by molar-refractivity contribution is 9.10. The minimum absolute atomic E-state index is 0.291. The molecular weight excluding hydrogens is 246 g/mol. The smallest absolute Gasteiger partial charge is 0.0636 e. The molecule has 1 atom stereocenters. The van der Waals surface area contributed by atoms with Crippen molar-refractivity contribution in [1.29, 1.82) is 0 Å². The summed E-state index contributed by atoms with van der Waals surface area (Å²) in [6, 6.07) is 2.37. The van der Waals surface area contributed by atoms with Crippen molar-refractivity contribution in [2.75, 3.05) is 6.54 Å². The summed E-state index contributed by atoms with van der Waals surface area (Å²) >= 11 is 5.29. The van der Waals surface area contributed by atoms with Crippen LogP contribution in [0.25, 0.3) is 0 Å². The van der Waals surface area contributed by atoms with Crippen molar-refractivity contribution in [3.05, 3.63) is 32.9 Å². The maximum atomic E-state index is 3.99. The van der Waals surface area contributed by atoms with Crippen molar-refractivity contribution in [1.82, 2.24) is 5.32 Å². The molecule has 1 aromatic rings. The zero-order valence-corrected chi connectivity index (χ0v) is 10.3. The van der Waals surface area contributed by atoms with E-state index >= 15 is 0 Å². The molecule has 1 unspecified atom stereocenters. The molecule has 0 aliphatic heterocycles. The molecule has 0 spiro atoms. The van der Waals surface area contributed by atoms with Crippen LogP contribution in [-0.2, 0) is 0 Å². The lowest BCUT2D eigenvalue weighted by atomic mass is 10.1. The lowest BCUT2D eigenvalue weighted by Crippen LogP contribution is -2.20. The predicted molar refractivity (Wildman–Crippen MR) is 63.3 cm³/mol. The van der Waals surface area contributed by atoms with Gasteiger partial charge in [0, 0.05) is 9.35 Å². The number of nitrogens with one attached hydrogen (secondary N) is 1. The molecule has 3 heteroatoms. The topological polar surface area (TPSA) is 12.0 Å². The van der Waals surface area contributed by atoms with E-state index in [4.69, 9.17) is 0 Å². The molecule has 72 valence electrons. The monoisotopic (exact) mass is 259 g/mol. The fraction of sp³-hybridized carbons (Fsp3) is 0.400. The molecule has 0 bridgehead atoms. The molecule has 0 amide bonds. The second-order valence-corrected chi connectivity index (χ2v) is 4.77. The van der Waals surface area contributed by atoms with Crippen molar-refractivity contribution in [2.45, 2.75) is 19.9 Å². The molecule has 0 radical (unpaired) electrons. The number of rotatable bonds is 4. The van der Waals surface area contributed by atoms with Crippen molar-refractivity contribution in [3.63, 3.8) is 0 Å². The van der Waals surface area contributed by atoms with Gasteiger partial charge in [0.2, 0.25) is 0 Å². The average Bonchev–Trinajstić information content (AvgIpc) is 2.47. The Morgan fingerprint density at radius 2 is 2.46 bits per heavy atom. The highest BCUT2D eigenvalue weighted by Gasteiger charge is 2.14. The molecule has 1 rings (SSSR count). The number of hydrogen-bond donors (Lipinski definition) is 1. The molecule has 0 saturated heterocycles. The SMILES string of the molecule is C=C(C)C(NCC)c1sccc1Br. The van der Waals surface area contributed by atoms with Crippen LogP contribution in [0.3, 0.4) is 0 Å². The third-order valence-corrected chi connectivity index (χ3v) is 3.74. The highest BCUT2D eigenvalue weighted by atomic mass is 79.9. The molecule has 13 heavy (non-hydrogen) atoms. The normalized spacial score (nSPS) is 12.8. The Morgan fingerprint density at radius 1 is 1.77 bits per heavy atom. The van der Waals surface area contributed by atoms with E-state index in [1.54, 1.807) is 11.3 Å². The van der Waals surface area contributed by atoms with E-state index in [-0.39, 0.29) is 0 Å². The summed E-state index contributed by atoms with van der Waals surface area (Å²) in [5.74, 6) is 0. The molecule has 1 aromatic heterocycles. The second kappa shape index (κ2) is 4.94.